The van der Waals surface area contributed by atoms with Gasteiger partial charge in [0.05, 0.1) is 17.7 Å². The first-order chi connectivity index (χ1) is 13.8. The average Bonchev–Trinajstić information content (AvgIpc) is 3.27. The summed E-state index contributed by atoms with van der Waals surface area (Å²) in [7, 11) is 1.09. The van der Waals surface area contributed by atoms with Gasteiger partial charge in [-0.3, -0.25) is 0 Å². The van der Waals surface area contributed by atoms with Crippen LogP contribution in [-0.2, 0) is 9.47 Å². The van der Waals surface area contributed by atoms with Crippen LogP contribution in [0, 0.1) is 29.9 Å². The predicted molar refractivity (Wildman–Crippen MR) is 99.6 cm³/mol. The second-order valence-electron chi connectivity index (χ2n) is 5.39. The summed E-state index contributed by atoms with van der Waals surface area (Å²) in [6.45, 7) is 1.59. The molecule has 0 saturated carbocycles. The van der Waals surface area contributed by atoms with Crippen molar-refractivity contribution in [1.82, 2.24) is 9.97 Å². The van der Waals surface area contributed by atoms with Gasteiger partial charge in [-0.15, -0.1) is 0 Å². The standard InChI is InChI=1S/C18H10ClF2N3O4S/c1-8-15(29-17(19)23-8)14(28-18(25)26-2)9(6-22)12-7-27-16(24-12)13-10(20)4-3-5-11(13)21/h3-5,7H,1-2H3/b14-9-. The first-order valence-corrected chi connectivity index (χ1v) is 8.98. The molecule has 0 aliphatic carbocycles. The number of nitrogens with zero attached hydrogens (tertiary/aromatic N) is 3. The molecule has 3 aromatic rings. The van der Waals surface area contributed by atoms with Gasteiger partial charge in [-0.05, 0) is 19.1 Å². The molecular formula is C18H10ClF2N3O4S. The maximum atomic E-state index is 14.0. The molecule has 0 atom stereocenters. The highest BCUT2D eigenvalue weighted by molar-refractivity contribution is 7.16. The number of rotatable bonds is 4. The topological polar surface area (TPSA) is 98.2 Å². The third kappa shape index (κ3) is 4.11. The fourth-order valence-electron chi connectivity index (χ4n) is 2.34. The Balaban J connectivity index is 2.18. The van der Waals surface area contributed by atoms with E-state index in [-0.39, 0.29) is 32.3 Å². The summed E-state index contributed by atoms with van der Waals surface area (Å²) in [5, 5.41) is 9.66. The molecule has 7 nitrogen and oxygen atoms in total. The maximum absolute atomic E-state index is 14.0. The van der Waals surface area contributed by atoms with E-state index in [2.05, 4.69) is 14.7 Å². The normalized spacial score (nSPS) is 11.6. The van der Waals surface area contributed by atoms with Crippen molar-refractivity contribution in [3.63, 3.8) is 0 Å². The number of methoxy groups -OCH3 is 1. The Bertz CT molecular complexity index is 1150. The van der Waals surface area contributed by atoms with Gasteiger partial charge < -0.3 is 13.9 Å². The van der Waals surface area contributed by atoms with E-state index in [1.807, 2.05) is 6.07 Å². The predicted octanol–water partition coefficient (Wildman–Crippen LogP) is 5.21. The van der Waals surface area contributed by atoms with Crippen LogP contribution in [0.5, 0.6) is 0 Å². The first-order valence-electron chi connectivity index (χ1n) is 7.79. The zero-order valence-corrected chi connectivity index (χ0v) is 16.4. The summed E-state index contributed by atoms with van der Waals surface area (Å²) in [6, 6.07) is 5.12. The number of halogens is 3. The number of oxazole rings is 1. The van der Waals surface area contributed by atoms with Crippen molar-refractivity contribution in [1.29, 1.82) is 5.26 Å². The van der Waals surface area contributed by atoms with E-state index in [9.17, 15) is 18.8 Å². The van der Waals surface area contributed by atoms with Crippen LogP contribution in [0.25, 0.3) is 22.8 Å². The van der Waals surface area contributed by atoms with Gasteiger partial charge in [0.2, 0.25) is 5.89 Å². The van der Waals surface area contributed by atoms with Crippen LogP contribution in [0.3, 0.4) is 0 Å². The summed E-state index contributed by atoms with van der Waals surface area (Å²) in [4.78, 5) is 20.0. The van der Waals surface area contributed by atoms with Crippen LogP contribution in [0.15, 0.2) is 28.9 Å². The van der Waals surface area contributed by atoms with Crippen LogP contribution in [0.2, 0.25) is 4.47 Å². The van der Waals surface area contributed by atoms with Gasteiger partial charge >= 0.3 is 6.16 Å². The van der Waals surface area contributed by atoms with Gasteiger partial charge in [-0.2, -0.15) is 5.26 Å². The number of aromatic nitrogens is 2. The number of benzene rings is 1. The van der Waals surface area contributed by atoms with Gasteiger partial charge in [0.1, 0.15) is 40.8 Å². The number of ether oxygens (including phenoxy) is 2. The Labute approximate surface area is 171 Å². The monoisotopic (exact) mass is 437 g/mol. The molecule has 0 bridgehead atoms. The lowest BCUT2D eigenvalue weighted by atomic mass is 10.1. The lowest BCUT2D eigenvalue weighted by molar-refractivity contribution is 0.112. The lowest BCUT2D eigenvalue weighted by Gasteiger charge is -2.08. The molecular weight excluding hydrogens is 428 g/mol. The van der Waals surface area contributed by atoms with E-state index in [1.54, 1.807) is 6.92 Å². The van der Waals surface area contributed by atoms with Crippen LogP contribution >= 0.6 is 22.9 Å². The molecule has 0 spiro atoms. The number of aryl methyl sites for hydroxylation is 1. The molecule has 0 saturated heterocycles. The Morgan fingerprint density at radius 3 is 2.55 bits per heavy atom. The Morgan fingerprint density at radius 1 is 1.31 bits per heavy atom. The van der Waals surface area contributed by atoms with Crippen molar-refractivity contribution in [3.8, 4) is 17.5 Å². The Hall–Kier alpha value is -3.29. The van der Waals surface area contributed by atoms with Gasteiger partial charge in [0.25, 0.3) is 0 Å². The second-order valence-corrected chi connectivity index (χ2v) is 6.97. The maximum Gasteiger partial charge on any atom is 0.513 e. The summed E-state index contributed by atoms with van der Waals surface area (Å²) >= 11 is 6.86. The van der Waals surface area contributed by atoms with Crippen LogP contribution in [-0.4, -0.2) is 23.2 Å². The minimum Gasteiger partial charge on any atom is -0.444 e. The molecule has 0 amide bonds. The summed E-state index contributed by atoms with van der Waals surface area (Å²) in [5.41, 5.74) is -0.474. The molecule has 0 radical (unpaired) electrons. The van der Waals surface area contributed by atoms with Gasteiger partial charge in [-0.1, -0.05) is 29.0 Å². The fourth-order valence-corrected chi connectivity index (χ4v) is 3.48. The lowest BCUT2D eigenvalue weighted by Crippen LogP contribution is -2.05. The van der Waals surface area contributed by atoms with Crippen LogP contribution in [0.4, 0.5) is 13.6 Å². The highest BCUT2D eigenvalue weighted by atomic mass is 35.5. The van der Waals surface area contributed by atoms with E-state index in [1.165, 1.54) is 6.07 Å². The summed E-state index contributed by atoms with van der Waals surface area (Å²) in [5.74, 6) is -2.40. The van der Waals surface area contributed by atoms with Crippen molar-refractivity contribution in [2.45, 2.75) is 6.92 Å². The molecule has 0 unspecified atom stereocenters. The van der Waals surface area contributed by atoms with E-state index in [0.717, 1.165) is 36.8 Å². The van der Waals surface area contributed by atoms with E-state index in [0.29, 0.717) is 5.69 Å². The Morgan fingerprint density at radius 2 is 2.00 bits per heavy atom. The number of allylic oxidation sites excluding steroid dienone is 1. The number of hydrogen-bond acceptors (Lipinski definition) is 8. The molecule has 1 aromatic carbocycles. The van der Waals surface area contributed by atoms with Crippen molar-refractivity contribution >= 4 is 40.4 Å². The smallest absolute Gasteiger partial charge is 0.444 e. The third-order valence-electron chi connectivity index (χ3n) is 3.60. The third-order valence-corrected chi connectivity index (χ3v) is 4.87. The van der Waals surface area contributed by atoms with Crippen LogP contribution < -0.4 is 0 Å². The first kappa shape index (κ1) is 20.4. The minimum atomic E-state index is -1.10. The molecule has 29 heavy (non-hydrogen) atoms. The van der Waals surface area contributed by atoms with Gasteiger partial charge in [0.15, 0.2) is 10.2 Å². The number of carbonyl (C=O) groups is 1. The molecule has 0 aliphatic heterocycles. The molecule has 2 heterocycles. The van der Waals surface area contributed by atoms with E-state index in [4.69, 9.17) is 20.8 Å². The molecule has 0 fully saturated rings. The Kier molecular flexibility index (Phi) is 5.91. The molecule has 148 valence electrons. The van der Waals surface area contributed by atoms with E-state index < -0.39 is 23.4 Å². The molecule has 0 N–H and O–H groups in total. The van der Waals surface area contributed by atoms with Crippen molar-refractivity contribution in [2.75, 3.05) is 7.11 Å². The van der Waals surface area contributed by atoms with Gasteiger partial charge in [0, 0.05) is 0 Å². The highest BCUT2D eigenvalue weighted by Crippen LogP contribution is 2.36. The van der Waals surface area contributed by atoms with Crippen molar-refractivity contribution in [2.24, 2.45) is 0 Å². The SMILES string of the molecule is COC(=O)O/C(=C(/C#N)c1coc(-c2c(F)cccc2F)n1)c1sc(Cl)nc1C. The number of nitriles is 1. The average molecular weight is 438 g/mol. The van der Waals surface area contributed by atoms with Crippen LogP contribution in [0.1, 0.15) is 16.3 Å². The molecule has 3 rings (SSSR count). The fraction of sp³-hybridized carbons (Fsp3) is 0.111. The molecule has 2 aromatic heterocycles. The van der Waals surface area contributed by atoms with Crippen molar-refractivity contribution in [3.05, 3.63) is 56.8 Å². The summed E-state index contributed by atoms with van der Waals surface area (Å²) in [6.07, 6.45) is -0.0844. The molecule has 11 heteroatoms. The largest absolute Gasteiger partial charge is 0.513 e. The summed E-state index contributed by atoms with van der Waals surface area (Å²) < 4.78 is 42.9. The second kappa shape index (κ2) is 8.38. The quantitative estimate of drug-likeness (QED) is 0.313. The zero-order chi connectivity index (χ0) is 21.1. The number of hydrogen-bond donors (Lipinski definition) is 0. The zero-order valence-electron chi connectivity index (χ0n) is 14.8. The molecule has 0 aliphatic rings. The number of thiazole rings is 1. The van der Waals surface area contributed by atoms with E-state index >= 15 is 0 Å². The number of carbonyl (C=O) groups excluding carboxylic acids is 1. The van der Waals surface area contributed by atoms with Gasteiger partial charge in [-0.25, -0.2) is 23.5 Å². The minimum absolute atomic E-state index is 0.118. The van der Waals surface area contributed by atoms with Crippen molar-refractivity contribution < 1.29 is 27.5 Å². The highest BCUT2D eigenvalue weighted by Gasteiger charge is 2.25.